The van der Waals surface area contributed by atoms with Crippen LogP contribution < -0.4 is 5.73 Å². The minimum absolute atomic E-state index is 0.213. The van der Waals surface area contributed by atoms with Crippen LogP contribution in [0.4, 0.5) is 0 Å². The molecule has 0 spiro atoms. The summed E-state index contributed by atoms with van der Waals surface area (Å²) in [4.78, 5) is 0. The van der Waals surface area contributed by atoms with E-state index < -0.39 is 0 Å². The van der Waals surface area contributed by atoms with Crippen LogP contribution in [-0.4, -0.2) is 0 Å². The minimum Gasteiger partial charge on any atom is -0.324 e. The maximum Gasteiger partial charge on any atom is 0.0300 e. The zero-order valence-electron chi connectivity index (χ0n) is 10.4. The summed E-state index contributed by atoms with van der Waals surface area (Å²) in [7, 11) is 0. The molecule has 1 aromatic carbocycles. The molecule has 0 bridgehead atoms. The van der Waals surface area contributed by atoms with Gasteiger partial charge in [-0.3, -0.25) is 0 Å². The van der Waals surface area contributed by atoms with Crippen molar-refractivity contribution in [2.75, 3.05) is 0 Å². The first-order chi connectivity index (χ1) is 7.06. The summed E-state index contributed by atoms with van der Waals surface area (Å²) in [6.45, 7) is 8.69. The van der Waals surface area contributed by atoms with E-state index in [4.69, 9.17) is 5.73 Å². The van der Waals surface area contributed by atoms with Crippen LogP contribution in [0.5, 0.6) is 0 Å². The molecule has 0 aliphatic heterocycles. The fourth-order valence-electron chi connectivity index (χ4n) is 2.34. The first-order valence-electron chi connectivity index (χ1n) is 5.89. The molecule has 0 aliphatic carbocycles. The molecule has 0 unspecified atom stereocenters. The zero-order chi connectivity index (χ0) is 11.4. The van der Waals surface area contributed by atoms with E-state index in [0.29, 0.717) is 0 Å². The average molecular weight is 205 g/mol. The highest BCUT2D eigenvalue weighted by Crippen LogP contribution is 2.25. The van der Waals surface area contributed by atoms with Crippen molar-refractivity contribution < 1.29 is 0 Å². The van der Waals surface area contributed by atoms with E-state index in [2.05, 4.69) is 39.8 Å². The van der Waals surface area contributed by atoms with Crippen molar-refractivity contribution in [3.63, 3.8) is 0 Å². The number of benzene rings is 1. The molecule has 1 heteroatoms. The normalized spacial score (nSPS) is 12.9. The molecule has 1 aromatic rings. The zero-order valence-corrected chi connectivity index (χ0v) is 10.4. The molecule has 0 amide bonds. The summed E-state index contributed by atoms with van der Waals surface area (Å²) >= 11 is 0. The third-order valence-corrected chi connectivity index (χ3v) is 2.98. The van der Waals surface area contributed by atoms with E-state index in [1.807, 2.05) is 0 Å². The van der Waals surface area contributed by atoms with Crippen LogP contribution in [0.3, 0.4) is 0 Å². The van der Waals surface area contributed by atoms with Gasteiger partial charge in [-0.1, -0.05) is 37.5 Å². The average Bonchev–Trinajstić information content (AvgIpc) is 2.12. The van der Waals surface area contributed by atoms with E-state index in [9.17, 15) is 0 Å². The minimum atomic E-state index is 0.213. The first kappa shape index (κ1) is 12.3. The van der Waals surface area contributed by atoms with E-state index in [1.54, 1.807) is 0 Å². The molecule has 0 saturated heterocycles. The molecule has 0 saturated carbocycles. The maximum atomic E-state index is 6.23. The Hall–Kier alpha value is -0.820. The highest BCUT2D eigenvalue weighted by atomic mass is 14.6. The highest BCUT2D eigenvalue weighted by molar-refractivity contribution is 5.39. The molecule has 0 aliphatic rings. The van der Waals surface area contributed by atoms with Gasteiger partial charge in [-0.2, -0.15) is 0 Å². The quantitative estimate of drug-likeness (QED) is 0.795. The summed E-state index contributed by atoms with van der Waals surface area (Å²) in [6.07, 6.45) is 3.53. The third-order valence-electron chi connectivity index (χ3n) is 2.98. The van der Waals surface area contributed by atoms with Crippen molar-refractivity contribution >= 4 is 0 Å². The van der Waals surface area contributed by atoms with Crippen LogP contribution in [0.2, 0.25) is 0 Å². The molecule has 1 rings (SSSR count). The van der Waals surface area contributed by atoms with Crippen molar-refractivity contribution in [3.05, 3.63) is 34.4 Å². The molecule has 0 aromatic heterocycles. The Morgan fingerprint density at radius 1 is 1.13 bits per heavy atom. The Balaban J connectivity index is 2.92. The van der Waals surface area contributed by atoms with Gasteiger partial charge in [0, 0.05) is 6.04 Å². The van der Waals surface area contributed by atoms with Gasteiger partial charge < -0.3 is 5.73 Å². The summed E-state index contributed by atoms with van der Waals surface area (Å²) in [5, 5.41) is 0. The molecule has 0 fully saturated rings. The van der Waals surface area contributed by atoms with Gasteiger partial charge in [0.2, 0.25) is 0 Å². The van der Waals surface area contributed by atoms with Crippen LogP contribution in [0.1, 0.15) is 54.5 Å². The first-order valence-corrected chi connectivity index (χ1v) is 5.89. The van der Waals surface area contributed by atoms with Gasteiger partial charge in [0.25, 0.3) is 0 Å². The van der Waals surface area contributed by atoms with E-state index in [1.165, 1.54) is 35.1 Å². The van der Waals surface area contributed by atoms with Gasteiger partial charge in [-0.25, -0.2) is 0 Å². The Morgan fingerprint density at radius 2 is 1.67 bits per heavy atom. The molecule has 1 atom stereocenters. The van der Waals surface area contributed by atoms with Crippen molar-refractivity contribution in [1.29, 1.82) is 0 Å². The predicted molar refractivity (Wildman–Crippen MR) is 67.1 cm³/mol. The molecule has 1 nitrogen and oxygen atoms in total. The lowest BCUT2D eigenvalue weighted by molar-refractivity contribution is 0.598. The van der Waals surface area contributed by atoms with Crippen LogP contribution in [-0.2, 0) is 0 Å². The Kier molecular flexibility index (Phi) is 4.34. The Morgan fingerprint density at radius 3 is 2.13 bits per heavy atom. The van der Waals surface area contributed by atoms with Crippen molar-refractivity contribution in [2.45, 2.75) is 53.0 Å². The Labute approximate surface area is 93.7 Å². The summed E-state index contributed by atoms with van der Waals surface area (Å²) in [5.74, 6) is 0. The number of hydrogen-bond acceptors (Lipinski definition) is 1. The van der Waals surface area contributed by atoms with Crippen molar-refractivity contribution in [3.8, 4) is 0 Å². The number of rotatable bonds is 4. The molecule has 2 N–H and O–H groups in total. The van der Waals surface area contributed by atoms with E-state index in [-0.39, 0.29) is 6.04 Å². The van der Waals surface area contributed by atoms with Crippen LogP contribution >= 0.6 is 0 Å². The number of unbranched alkanes of at least 4 members (excludes halogenated alkanes) is 1. The molecule has 15 heavy (non-hydrogen) atoms. The fraction of sp³-hybridized carbons (Fsp3) is 0.571. The SMILES string of the molecule is CCCC[C@@H](N)c1c(C)cc(C)cc1C. The van der Waals surface area contributed by atoms with Crippen molar-refractivity contribution in [2.24, 2.45) is 5.73 Å². The second-order valence-corrected chi connectivity index (χ2v) is 4.56. The Bertz CT molecular complexity index is 305. The molecule has 0 radical (unpaired) electrons. The molecular formula is C14H23N. The van der Waals surface area contributed by atoms with Gasteiger partial charge >= 0.3 is 0 Å². The fourth-order valence-corrected chi connectivity index (χ4v) is 2.34. The lowest BCUT2D eigenvalue weighted by atomic mass is 9.92. The smallest absolute Gasteiger partial charge is 0.0300 e. The van der Waals surface area contributed by atoms with Gasteiger partial charge in [0.05, 0.1) is 0 Å². The van der Waals surface area contributed by atoms with Gasteiger partial charge in [-0.05, 0) is 43.9 Å². The second-order valence-electron chi connectivity index (χ2n) is 4.56. The second kappa shape index (κ2) is 5.32. The van der Waals surface area contributed by atoms with Gasteiger partial charge in [0.15, 0.2) is 0 Å². The topological polar surface area (TPSA) is 26.0 Å². The lowest BCUT2D eigenvalue weighted by Gasteiger charge is -2.18. The molecule has 0 heterocycles. The number of hydrogen-bond donors (Lipinski definition) is 1. The van der Waals surface area contributed by atoms with Crippen LogP contribution in [0, 0.1) is 20.8 Å². The van der Waals surface area contributed by atoms with Crippen LogP contribution in [0.15, 0.2) is 12.1 Å². The van der Waals surface area contributed by atoms with E-state index in [0.717, 1.165) is 6.42 Å². The van der Waals surface area contributed by atoms with E-state index >= 15 is 0 Å². The number of aryl methyl sites for hydroxylation is 3. The molecular weight excluding hydrogens is 182 g/mol. The van der Waals surface area contributed by atoms with Crippen molar-refractivity contribution in [1.82, 2.24) is 0 Å². The summed E-state index contributed by atoms with van der Waals surface area (Å²) in [6, 6.07) is 4.67. The molecule has 84 valence electrons. The standard InChI is InChI=1S/C14H23N/c1-5-6-7-13(15)14-11(3)8-10(2)9-12(14)4/h8-9,13H,5-7,15H2,1-4H3/t13-/m1/s1. The highest BCUT2D eigenvalue weighted by Gasteiger charge is 2.11. The lowest BCUT2D eigenvalue weighted by Crippen LogP contribution is -2.13. The summed E-state index contributed by atoms with van der Waals surface area (Å²) in [5.41, 5.74) is 11.6. The third kappa shape index (κ3) is 3.07. The van der Waals surface area contributed by atoms with Gasteiger partial charge in [-0.15, -0.1) is 0 Å². The van der Waals surface area contributed by atoms with Gasteiger partial charge in [0.1, 0.15) is 0 Å². The number of nitrogens with two attached hydrogens (primary N) is 1. The maximum absolute atomic E-state index is 6.23. The monoisotopic (exact) mass is 205 g/mol. The largest absolute Gasteiger partial charge is 0.324 e. The predicted octanol–water partition coefficient (Wildman–Crippen LogP) is 3.80. The van der Waals surface area contributed by atoms with Crippen LogP contribution in [0.25, 0.3) is 0 Å². The summed E-state index contributed by atoms with van der Waals surface area (Å²) < 4.78 is 0.